The van der Waals surface area contributed by atoms with Crippen LogP contribution in [0.5, 0.6) is 0 Å². The van der Waals surface area contributed by atoms with Gasteiger partial charge in [-0.2, -0.15) is 5.10 Å². The molecule has 0 unspecified atom stereocenters. The number of carbonyl (C=O) groups excluding carboxylic acids is 1. The van der Waals surface area contributed by atoms with E-state index in [2.05, 4.69) is 25.5 Å². The van der Waals surface area contributed by atoms with Crippen molar-refractivity contribution in [2.45, 2.75) is 13.8 Å². The van der Waals surface area contributed by atoms with Gasteiger partial charge in [0.05, 0.1) is 17.0 Å². The molecule has 1 aromatic carbocycles. The Morgan fingerprint density at radius 1 is 1.26 bits per heavy atom. The zero-order valence-corrected chi connectivity index (χ0v) is 12.6. The predicted octanol–water partition coefficient (Wildman–Crippen LogP) is 2.87. The van der Waals surface area contributed by atoms with Gasteiger partial charge in [-0.25, -0.2) is 14.4 Å². The molecule has 0 radical (unpaired) electrons. The molecule has 3 aromatic rings. The van der Waals surface area contributed by atoms with E-state index in [-0.39, 0.29) is 11.7 Å². The van der Waals surface area contributed by atoms with E-state index >= 15 is 0 Å². The van der Waals surface area contributed by atoms with Gasteiger partial charge in [0, 0.05) is 17.8 Å². The summed E-state index contributed by atoms with van der Waals surface area (Å²) in [5.41, 5.74) is 2.23. The molecule has 1 amide bonds. The van der Waals surface area contributed by atoms with Gasteiger partial charge < -0.3 is 5.32 Å². The molecule has 0 atom stereocenters. The number of H-pyrrole nitrogens is 1. The number of nitrogens with zero attached hydrogens (tertiary/aromatic N) is 3. The van der Waals surface area contributed by atoms with E-state index in [0.717, 1.165) is 0 Å². The van der Waals surface area contributed by atoms with Crippen molar-refractivity contribution in [2.75, 3.05) is 5.32 Å². The molecule has 7 heteroatoms. The summed E-state index contributed by atoms with van der Waals surface area (Å²) in [5, 5.41) is 9.45. The summed E-state index contributed by atoms with van der Waals surface area (Å²) in [6, 6.07) is 7.74. The van der Waals surface area contributed by atoms with E-state index in [1.165, 1.54) is 18.3 Å². The summed E-state index contributed by atoms with van der Waals surface area (Å²) in [6.45, 7) is 3.50. The van der Waals surface area contributed by atoms with E-state index in [4.69, 9.17) is 0 Å². The molecule has 3 rings (SSSR count). The first-order valence-electron chi connectivity index (χ1n) is 6.96. The summed E-state index contributed by atoms with van der Waals surface area (Å²) >= 11 is 0. The number of nitrogens with one attached hydrogen (secondary N) is 2. The summed E-state index contributed by atoms with van der Waals surface area (Å²) < 4.78 is 13.3. The van der Waals surface area contributed by atoms with Gasteiger partial charge in [-0.05, 0) is 26.0 Å². The third-order valence-electron chi connectivity index (χ3n) is 3.30. The topological polar surface area (TPSA) is 83.6 Å². The lowest BCUT2D eigenvalue weighted by atomic mass is 10.1. The number of amides is 1. The molecule has 0 saturated heterocycles. The van der Waals surface area contributed by atoms with Crippen LogP contribution in [0.2, 0.25) is 0 Å². The zero-order chi connectivity index (χ0) is 16.4. The number of anilines is 1. The fraction of sp³-hybridized carbons (Fsp3) is 0.125. The maximum absolute atomic E-state index is 13.3. The van der Waals surface area contributed by atoms with Crippen molar-refractivity contribution in [3.63, 3.8) is 0 Å². The van der Waals surface area contributed by atoms with Gasteiger partial charge >= 0.3 is 0 Å². The van der Waals surface area contributed by atoms with E-state index in [9.17, 15) is 9.18 Å². The molecule has 0 spiro atoms. The SMILES string of the molecule is Cc1ncc(C(=O)Nc2cc(-c3cccc(F)c3)[nH]n2)c(C)n1. The number of aromatic amines is 1. The van der Waals surface area contributed by atoms with Crippen LogP contribution in [0.25, 0.3) is 11.3 Å². The molecule has 2 aromatic heterocycles. The minimum Gasteiger partial charge on any atom is -0.305 e. The number of hydrogen-bond donors (Lipinski definition) is 2. The van der Waals surface area contributed by atoms with Crippen LogP contribution in [0.4, 0.5) is 10.2 Å². The van der Waals surface area contributed by atoms with Gasteiger partial charge in [-0.3, -0.25) is 9.89 Å². The second kappa shape index (κ2) is 5.96. The maximum Gasteiger partial charge on any atom is 0.260 e. The lowest BCUT2D eigenvalue weighted by Crippen LogP contribution is -2.15. The number of rotatable bonds is 3. The van der Waals surface area contributed by atoms with E-state index in [1.807, 2.05) is 0 Å². The number of carbonyl (C=O) groups is 1. The highest BCUT2D eigenvalue weighted by atomic mass is 19.1. The third kappa shape index (κ3) is 3.23. The number of aryl methyl sites for hydroxylation is 2. The Morgan fingerprint density at radius 2 is 2.09 bits per heavy atom. The van der Waals surface area contributed by atoms with Crippen molar-refractivity contribution in [3.05, 3.63) is 59.4 Å². The molecule has 0 aliphatic rings. The zero-order valence-electron chi connectivity index (χ0n) is 12.6. The van der Waals surface area contributed by atoms with Crippen molar-refractivity contribution in [2.24, 2.45) is 0 Å². The van der Waals surface area contributed by atoms with Crippen LogP contribution in [-0.2, 0) is 0 Å². The highest BCUT2D eigenvalue weighted by Gasteiger charge is 2.13. The summed E-state index contributed by atoms with van der Waals surface area (Å²) in [5.74, 6) is 0.261. The van der Waals surface area contributed by atoms with Crippen molar-refractivity contribution in [1.82, 2.24) is 20.2 Å². The van der Waals surface area contributed by atoms with Gasteiger partial charge in [0.2, 0.25) is 0 Å². The van der Waals surface area contributed by atoms with Crippen molar-refractivity contribution in [3.8, 4) is 11.3 Å². The van der Waals surface area contributed by atoms with Gasteiger partial charge in [0.1, 0.15) is 11.6 Å². The first kappa shape index (κ1) is 14.8. The fourth-order valence-electron chi connectivity index (χ4n) is 2.18. The first-order valence-corrected chi connectivity index (χ1v) is 6.96. The summed E-state index contributed by atoms with van der Waals surface area (Å²) in [7, 11) is 0. The molecule has 116 valence electrons. The Labute approximate surface area is 131 Å². The van der Waals surface area contributed by atoms with Crippen LogP contribution < -0.4 is 5.32 Å². The Balaban J connectivity index is 1.80. The van der Waals surface area contributed by atoms with E-state index in [0.29, 0.717) is 34.2 Å². The summed E-state index contributed by atoms with van der Waals surface area (Å²) in [6.07, 6.45) is 1.48. The second-order valence-corrected chi connectivity index (χ2v) is 5.05. The monoisotopic (exact) mass is 311 g/mol. The smallest absolute Gasteiger partial charge is 0.260 e. The van der Waals surface area contributed by atoms with Crippen LogP contribution in [0.1, 0.15) is 21.9 Å². The van der Waals surface area contributed by atoms with Crippen LogP contribution >= 0.6 is 0 Å². The average Bonchev–Trinajstić information content (AvgIpc) is 2.95. The molecule has 0 aliphatic carbocycles. The Kier molecular flexibility index (Phi) is 3.84. The van der Waals surface area contributed by atoms with Gasteiger partial charge in [0.15, 0.2) is 5.82 Å². The van der Waals surface area contributed by atoms with E-state index < -0.39 is 0 Å². The molecule has 2 heterocycles. The maximum atomic E-state index is 13.3. The highest BCUT2D eigenvalue weighted by Crippen LogP contribution is 2.20. The number of benzene rings is 1. The molecule has 0 bridgehead atoms. The lowest BCUT2D eigenvalue weighted by Gasteiger charge is -2.04. The molecule has 2 N–H and O–H groups in total. The van der Waals surface area contributed by atoms with Gasteiger partial charge in [-0.1, -0.05) is 12.1 Å². The van der Waals surface area contributed by atoms with Crippen LogP contribution in [0, 0.1) is 19.7 Å². The fourth-order valence-corrected chi connectivity index (χ4v) is 2.18. The number of halogens is 1. The standard InChI is InChI=1S/C16H14FN5O/c1-9-13(8-18-10(2)19-9)16(23)20-15-7-14(21-22-15)11-4-3-5-12(17)6-11/h3-8H,1-2H3,(H2,20,21,22,23). The van der Waals surface area contributed by atoms with Crippen LogP contribution in [0.15, 0.2) is 36.5 Å². The van der Waals surface area contributed by atoms with Crippen molar-refractivity contribution >= 4 is 11.7 Å². The van der Waals surface area contributed by atoms with E-state index in [1.54, 1.807) is 32.0 Å². The first-order chi connectivity index (χ1) is 11.0. The molecule has 6 nitrogen and oxygen atoms in total. The molecular formula is C16H14FN5O. The van der Waals surface area contributed by atoms with Gasteiger partial charge in [0.25, 0.3) is 5.91 Å². The number of hydrogen-bond acceptors (Lipinski definition) is 4. The Bertz CT molecular complexity index is 874. The molecule has 0 aliphatic heterocycles. The Morgan fingerprint density at radius 3 is 2.83 bits per heavy atom. The normalized spacial score (nSPS) is 10.6. The average molecular weight is 311 g/mol. The quantitative estimate of drug-likeness (QED) is 0.779. The van der Waals surface area contributed by atoms with Crippen LogP contribution in [-0.4, -0.2) is 26.1 Å². The molecular weight excluding hydrogens is 297 g/mol. The largest absolute Gasteiger partial charge is 0.305 e. The lowest BCUT2D eigenvalue weighted by molar-refractivity contribution is 0.102. The molecule has 0 fully saturated rings. The predicted molar refractivity (Wildman–Crippen MR) is 83.4 cm³/mol. The number of aromatic nitrogens is 4. The highest BCUT2D eigenvalue weighted by molar-refractivity contribution is 6.04. The Hall–Kier alpha value is -3.09. The minimum atomic E-state index is -0.347. The third-order valence-corrected chi connectivity index (χ3v) is 3.30. The van der Waals surface area contributed by atoms with Crippen molar-refractivity contribution < 1.29 is 9.18 Å². The molecule has 23 heavy (non-hydrogen) atoms. The summed E-state index contributed by atoms with van der Waals surface area (Å²) in [4.78, 5) is 20.4. The minimum absolute atomic E-state index is 0.338. The molecule has 0 saturated carbocycles. The van der Waals surface area contributed by atoms with Gasteiger partial charge in [-0.15, -0.1) is 0 Å². The van der Waals surface area contributed by atoms with Crippen LogP contribution in [0.3, 0.4) is 0 Å². The van der Waals surface area contributed by atoms with Crippen molar-refractivity contribution in [1.29, 1.82) is 0 Å². The second-order valence-electron chi connectivity index (χ2n) is 5.05.